The van der Waals surface area contributed by atoms with Crippen LogP contribution >= 0.6 is 0 Å². The van der Waals surface area contributed by atoms with E-state index in [1.165, 1.54) is 7.11 Å². The molecule has 1 aromatic rings. The summed E-state index contributed by atoms with van der Waals surface area (Å²) in [4.78, 5) is 0. The molecule has 86 valence electrons. The van der Waals surface area contributed by atoms with Gasteiger partial charge in [0.25, 0.3) is 6.43 Å². The largest absolute Gasteiger partial charge is 0.496 e. The smallest absolute Gasteiger partial charge is 0.261 e. The van der Waals surface area contributed by atoms with Gasteiger partial charge in [-0.2, -0.15) is 5.26 Å². The van der Waals surface area contributed by atoms with Gasteiger partial charge in [-0.25, -0.2) is 8.78 Å². The summed E-state index contributed by atoms with van der Waals surface area (Å²) in [6, 6.07) is 6.72. The van der Waals surface area contributed by atoms with Crippen molar-refractivity contribution in [1.29, 1.82) is 5.26 Å². The fraction of sp³-hybridized carbons (Fsp3) is 0.364. The van der Waals surface area contributed by atoms with Crippen LogP contribution in [0.15, 0.2) is 18.2 Å². The van der Waals surface area contributed by atoms with Crippen molar-refractivity contribution >= 4 is 0 Å². The number of rotatable bonds is 5. The maximum Gasteiger partial charge on any atom is 0.261 e. The van der Waals surface area contributed by atoms with Gasteiger partial charge < -0.3 is 9.47 Å². The van der Waals surface area contributed by atoms with Crippen LogP contribution in [-0.4, -0.2) is 20.1 Å². The van der Waals surface area contributed by atoms with Gasteiger partial charge in [-0.15, -0.1) is 0 Å². The number of ether oxygens (including phenoxy) is 2. The molecule has 0 N–H and O–H groups in total. The average molecular weight is 227 g/mol. The zero-order valence-corrected chi connectivity index (χ0v) is 8.74. The Hall–Kier alpha value is -1.67. The van der Waals surface area contributed by atoms with Crippen molar-refractivity contribution in [3.05, 3.63) is 29.3 Å². The molecule has 0 bridgehead atoms. The van der Waals surface area contributed by atoms with Crippen LogP contribution in [0.2, 0.25) is 0 Å². The summed E-state index contributed by atoms with van der Waals surface area (Å²) in [6.45, 7) is -0.622. The molecule has 0 saturated carbocycles. The molecule has 0 amide bonds. The highest BCUT2D eigenvalue weighted by Gasteiger charge is 2.07. The van der Waals surface area contributed by atoms with Gasteiger partial charge in [0.1, 0.15) is 12.4 Å². The second-order valence-electron chi connectivity index (χ2n) is 3.04. The number of alkyl halides is 2. The Kier molecular flexibility index (Phi) is 4.67. The third-order valence-electron chi connectivity index (χ3n) is 1.91. The van der Waals surface area contributed by atoms with Crippen molar-refractivity contribution in [2.24, 2.45) is 0 Å². The molecule has 0 atom stereocenters. The first kappa shape index (κ1) is 12.4. The molecule has 0 saturated heterocycles. The molecule has 0 fully saturated rings. The standard InChI is InChI=1S/C11H11F2NO2/c1-15-10-3-2-8(5-14)4-9(10)6-16-7-11(12)13/h2-4,11H,6-7H2,1H3. The summed E-state index contributed by atoms with van der Waals surface area (Å²) in [7, 11) is 1.47. The van der Waals surface area contributed by atoms with Crippen molar-refractivity contribution in [3.8, 4) is 11.8 Å². The minimum atomic E-state index is -2.50. The van der Waals surface area contributed by atoms with E-state index in [0.717, 1.165) is 0 Å². The predicted molar refractivity (Wildman–Crippen MR) is 53.4 cm³/mol. The maximum atomic E-state index is 11.9. The number of hydrogen-bond acceptors (Lipinski definition) is 3. The molecule has 0 unspecified atom stereocenters. The average Bonchev–Trinajstić information content (AvgIpc) is 2.28. The SMILES string of the molecule is COc1ccc(C#N)cc1COCC(F)F. The third kappa shape index (κ3) is 3.48. The van der Waals surface area contributed by atoms with Crippen molar-refractivity contribution in [3.63, 3.8) is 0 Å². The lowest BCUT2D eigenvalue weighted by Gasteiger charge is -2.09. The Morgan fingerprint density at radius 1 is 1.44 bits per heavy atom. The lowest BCUT2D eigenvalue weighted by Crippen LogP contribution is -2.05. The molecule has 1 aromatic carbocycles. The van der Waals surface area contributed by atoms with Gasteiger partial charge >= 0.3 is 0 Å². The van der Waals surface area contributed by atoms with E-state index >= 15 is 0 Å². The Morgan fingerprint density at radius 3 is 2.75 bits per heavy atom. The van der Waals surface area contributed by atoms with Crippen LogP contribution in [0.5, 0.6) is 5.75 Å². The normalized spacial score (nSPS) is 10.2. The summed E-state index contributed by atoms with van der Waals surface area (Å²) >= 11 is 0. The Bertz CT molecular complexity index is 388. The van der Waals surface area contributed by atoms with Crippen molar-refractivity contribution in [2.75, 3.05) is 13.7 Å². The first-order valence-corrected chi connectivity index (χ1v) is 4.60. The van der Waals surface area contributed by atoms with Gasteiger partial charge in [0.2, 0.25) is 0 Å². The number of hydrogen-bond donors (Lipinski definition) is 0. The molecule has 0 aliphatic rings. The molecular formula is C11H11F2NO2. The number of nitrogens with zero attached hydrogens (tertiary/aromatic N) is 1. The highest BCUT2D eigenvalue weighted by atomic mass is 19.3. The van der Waals surface area contributed by atoms with E-state index in [1.54, 1.807) is 18.2 Å². The molecule has 1 rings (SSSR count). The predicted octanol–water partition coefficient (Wildman–Crippen LogP) is 2.35. The van der Waals surface area contributed by atoms with Crippen molar-refractivity contribution in [2.45, 2.75) is 13.0 Å². The van der Waals surface area contributed by atoms with Gasteiger partial charge in [0.15, 0.2) is 0 Å². The zero-order valence-electron chi connectivity index (χ0n) is 8.74. The van der Waals surface area contributed by atoms with E-state index in [2.05, 4.69) is 0 Å². The lowest BCUT2D eigenvalue weighted by molar-refractivity contribution is 0.00932. The van der Waals surface area contributed by atoms with Crippen LogP contribution in [0.4, 0.5) is 8.78 Å². The summed E-state index contributed by atoms with van der Waals surface area (Å²) in [6.07, 6.45) is -2.50. The molecule has 0 radical (unpaired) electrons. The van der Waals surface area contributed by atoms with Crippen LogP contribution in [0.1, 0.15) is 11.1 Å². The summed E-state index contributed by atoms with van der Waals surface area (Å²) in [5, 5.41) is 8.69. The van der Waals surface area contributed by atoms with E-state index < -0.39 is 13.0 Å². The van der Waals surface area contributed by atoms with Gasteiger partial charge in [-0.05, 0) is 18.2 Å². The maximum absolute atomic E-state index is 11.9. The molecular weight excluding hydrogens is 216 g/mol. The van der Waals surface area contributed by atoms with Gasteiger partial charge in [0.05, 0.1) is 25.3 Å². The van der Waals surface area contributed by atoms with Gasteiger partial charge in [-0.3, -0.25) is 0 Å². The Labute approximate surface area is 92.2 Å². The van der Waals surface area contributed by atoms with E-state index in [0.29, 0.717) is 16.9 Å². The highest BCUT2D eigenvalue weighted by molar-refractivity contribution is 5.41. The second-order valence-corrected chi connectivity index (χ2v) is 3.04. The summed E-state index contributed by atoms with van der Waals surface area (Å²) in [5.74, 6) is 0.522. The highest BCUT2D eigenvalue weighted by Crippen LogP contribution is 2.20. The van der Waals surface area contributed by atoms with E-state index in [4.69, 9.17) is 14.7 Å². The van der Waals surface area contributed by atoms with Crippen molar-refractivity contribution < 1.29 is 18.3 Å². The first-order chi connectivity index (χ1) is 7.67. The molecule has 16 heavy (non-hydrogen) atoms. The van der Waals surface area contributed by atoms with Gasteiger partial charge in [-0.1, -0.05) is 0 Å². The fourth-order valence-electron chi connectivity index (χ4n) is 1.22. The quantitative estimate of drug-likeness (QED) is 0.775. The zero-order chi connectivity index (χ0) is 12.0. The molecule has 0 aliphatic carbocycles. The van der Waals surface area contributed by atoms with Crippen molar-refractivity contribution in [1.82, 2.24) is 0 Å². The Balaban J connectivity index is 2.72. The molecule has 0 spiro atoms. The van der Waals surface area contributed by atoms with Gasteiger partial charge in [0, 0.05) is 5.56 Å². The summed E-state index contributed by atoms with van der Waals surface area (Å²) < 4.78 is 33.5. The Morgan fingerprint density at radius 2 is 2.19 bits per heavy atom. The van der Waals surface area contributed by atoms with Crippen LogP contribution in [0.25, 0.3) is 0 Å². The van der Waals surface area contributed by atoms with Crippen LogP contribution in [0.3, 0.4) is 0 Å². The second kappa shape index (κ2) is 6.03. The monoisotopic (exact) mass is 227 g/mol. The minimum absolute atomic E-state index is 0.00301. The first-order valence-electron chi connectivity index (χ1n) is 4.60. The summed E-state index contributed by atoms with van der Waals surface area (Å²) in [5.41, 5.74) is 1.03. The van der Waals surface area contributed by atoms with Crippen LogP contribution in [0, 0.1) is 11.3 Å². The molecule has 0 heterocycles. The lowest BCUT2D eigenvalue weighted by atomic mass is 10.1. The molecule has 0 aliphatic heterocycles. The minimum Gasteiger partial charge on any atom is -0.496 e. The number of nitriles is 1. The third-order valence-corrected chi connectivity index (χ3v) is 1.91. The molecule has 3 nitrogen and oxygen atoms in total. The van der Waals surface area contributed by atoms with E-state index in [9.17, 15) is 8.78 Å². The molecule has 5 heteroatoms. The number of methoxy groups -OCH3 is 1. The van der Waals surface area contributed by atoms with E-state index in [-0.39, 0.29) is 6.61 Å². The van der Waals surface area contributed by atoms with Crippen LogP contribution < -0.4 is 4.74 Å². The number of benzene rings is 1. The fourth-order valence-corrected chi connectivity index (χ4v) is 1.22. The van der Waals surface area contributed by atoms with Crippen LogP contribution in [-0.2, 0) is 11.3 Å². The van der Waals surface area contributed by atoms with E-state index in [1.807, 2.05) is 6.07 Å². The molecule has 0 aromatic heterocycles. The number of halogens is 2. The topological polar surface area (TPSA) is 42.2 Å².